The molecule has 0 atom stereocenters. The normalized spacial score (nSPS) is 15.8. The number of unbranched alkanes of at least 4 members (excludes halogenated alkanes) is 3. The number of ether oxygens (including phenoxy) is 1. The molecule has 0 unspecified atom stereocenters. The van der Waals surface area contributed by atoms with Gasteiger partial charge >= 0.3 is 6.18 Å². The van der Waals surface area contributed by atoms with E-state index in [0.29, 0.717) is 5.52 Å². The van der Waals surface area contributed by atoms with Crippen molar-refractivity contribution in [2.24, 2.45) is 0 Å². The van der Waals surface area contributed by atoms with Gasteiger partial charge in [0, 0.05) is 60.5 Å². The van der Waals surface area contributed by atoms with Crippen molar-refractivity contribution in [1.29, 1.82) is 0 Å². The van der Waals surface area contributed by atoms with Crippen LogP contribution in [0.5, 0.6) is 5.75 Å². The van der Waals surface area contributed by atoms with Crippen LogP contribution in [0.4, 0.5) is 24.5 Å². The summed E-state index contributed by atoms with van der Waals surface area (Å²) >= 11 is 1.69. The highest BCUT2D eigenvalue weighted by Gasteiger charge is 2.30. The third-order valence-electron chi connectivity index (χ3n) is 7.19. The molecule has 5 nitrogen and oxygen atoms in total. The lowest BCUT2D eigenvalue weighted by Crippen LogP contribution is -2.43. The molecule has 2 aliphatic rings. The molecule has 0 spiro atoms. The van der Waals surface area contributed by atoms with Gasteiger partial charge in [0.1, 0.15) is 5.75 Å². The minimum absolute atomic E-state index is 0.393. The predicted octanol–water partition coefficient (Wildman–Crippen LogP) is 6.75. The number of rotatable bonds is 10. The zero-order chi connectivity index (χ0) is 26.4. The summed E-state index contributed by atoms with van der Waals surface area (Å²) in [4.78, 5) is 7.56. The topological polar surface area (TPSA) is 49.4 Å². The molecule has 5 rings (SSSR count). The second-order valence-electron chi connectivity index (χ2n) is 9.86. The molecule has 0 radical (unpaired) electrons. The molecule has 0 aliphatic carbocycles. The van der Waals surface area contributed by atoms with Gasteiger partial charge < -0.3 is 20.3 Å². The maximum atomic E-state index is 13.0. The first-order chi connectivity index (χ1) is 18.5. The van der Waals surface area contributed by atoms with Gasteiger partial charge in [0.05, 0.1) is 23.4 Å². The summed E-state index contributed by atoms with van der Waals surface area (Å²) in [5.41, 5.74) is 3.48. The lowest BCUT2D eigenvalue weighted by atomic mass is 10.0. The van der Waals surface area contributed by atoms with Gasteiger partial charge in [0.2, 0.25) is 0 Å². The van der Waals surface area contributed by atoms with Gasteiger partial charge in [0.25, 0.3) is 0 Å². The number of pyridine rings is 1. The van der Waals surface area contributed by atoms with E-state index in [0.717, 1.165) is 112 Å². The van der Waals surface area contributed by atoms with Gasteiger partial charge in [-0.3, -0.25) is 4.98 Å². The molecule has 2 N–H and O–H groups in total. The lowest BCUT2D eigenvalue weighted by Gasteiger charge is -2.33. The van der Waals surface area contributed by atoms with E-state index in [1.807, 2.05) is 6.07 Å². The quantitative estimate of drug-likeness (QED) is 0.217. The van der Waals surface area contributed by atoms with Crippen LogP contribution in [-0.4, -0.2) is 50.1 Å². The number of fused-ring (bicyclic) bond motifs is 2. The minimum atomic E-state index is -4.35. The molecule has 2 aromatic carbocycles. The Morgan fingerprint density at radius 2 is 1.87 bits per heavy atom. The van der Waals surface area contributed by atoms with E-state index >= 15 is 0 Å². The van der Waals surface area contributed by atoms with Gasteiger partial charge in [-0.05, 0) is 61.8 Å². The molecule has 0 bridgehead atoms. The van der Waals surface area contributed by atoms with Crippen molar-refractivity contribution < 1.29 is 17.9 Å². The molecule has 1 saturated heterocycles. The van der Waals surface area contributed by atoms with Crippen molar-refractivity contribution >= 4 is 34.0 Å². The zero-order valence-electron chi connectivity index (χ0n) is 21.6. The lowest BCUT2D eigenvalue weighted by molar-refractivity contribution is -0.137. The first-order valence-corrected chi connectivity index (χ1v) is 14.6. The number of nitrogens with zero attached hydrogens (tertiary/aromatic N) is 2. The highest BCUT2D eigenvalue weighted by atomic mass is 32.2. The Labute approximate surface area is 226 Å². The molecule has 0 amide bonds. The maximum absolute atomic E-state index is 13.0. The van der Waals surface area contributed by atoms with E-state index in [-0.39, 0.29) is 0 Å². The molecule has 9 heteroatoms. The molecule has 3 aromatic rings. The number of piperazine rings is 1. The standard InChI is InChI=1S/C29H35F3N4OS/c30-29(31,32)21-7-8-22-25(20-21)35-13-11-27(22)38-19-4-2-1-3-12-34-24-9-10-26(36-16-14-33-15-17-36)28-23(24)6-5-18-37-28/h7-11,13,20,33-34H,1-6,12,14-19H2. The zero-order valence-corrected chi connectivity index (χ0v) is 22.4. The average molecular weight is 545 g/mol. The Morgan fingerprint density at radius 3 is 2.71 bits per heavy atom. The van der Waals surface area contributed by atoms with Crippen LogP contribution in [0.15, 0.2) is 47.5 Å². The number of nitrogens with one attached hydrogen (secondary N) is 2. The number of thioether (sulfide) groups is 1. The van der Waals surface area contributed by atoms with Crippen molar-refractivity contribution in [3.05, 3.63) is 53.7 Å². The first-order valence-electron chi connectivity index (χ1n) is 13.6. The number of benzene rings is 2. The first kappa shape index (κ1) is 26.9. The van der Waals surface area contributed by atoms with Crippen LogP contribution in [-0.2, 0) is 12.6 Å². The summed E-state index contributed by atoms with van der Waals surface area (Å²) in [6.07, 6.45) is 3.77. The summed E-state index contributed by atoms with van der Waals surface area (Å²) in [7, 11) is 0. The van der Waals surface area contributed by atoms with Crippen LogP contribution >= 0.6 is 11.8 Å². The van der Waals surface area contributed by atoms with E-state index in [9.17, 15) is 13.2 Å². The molecule has 1 fully saturated rings. The van der Waals surface area contributed by atoms with E-state index in [4.69, 9.17) is 4.74 Å². The fraction of sp³-hybridized carbons (Fsp3) is 0.483. The van der Waals surface area contributed by atoms with E-state index in [1.165, 1.54) is 16.9 Å². The van der Waals surface area contributed by atoms with Crippen LogP contribution in [0.1, 0.15) is 43.2 Å². The molecular weight excluding hydrogens is 509 g/mol. The number of halogens is 3. The van der Waals surface area contributed by atoms with Crippen molar-refractivity contribution in [1.82, 2.24) is 10.3 Å². The second kappa shape index (κ2) is 12.5. The summed E-state index contributed by atoms with van der Waals surface area (Å²) in [5.74, 6) is 2.00. The monoisotopic (exact) mass is 544 g/mol. The summed E-state index contributed by atoms with van der Waals surface area (Å²) in [5, 5.41) is 7.85. The smallest absolute Gasteiger partial charge is 0.416 e. The Hall–Kier alpha value is -2.65. The number of hydrogen-bond acceptors (Lipinski definition) is 6. The molecule has 204 valence electrons. The van der Waals surface area contributed by atoms with E-state index < -0.39 is 11.7 Å². The van der Waals surface area contributed by atoms with Crippen molar-refractivity contribution in [2.45, 2.75) is 49.6 Å². The Bertz CT molecular complexity index is 1230. The van der Waals surface area contributed by atoms with Crippen LogP contribution in [0.3, 0.4) is 0 Å². The second-order valence-corrected chi connectivity index (χ2v) is 11.0. The van der Waals surface area contributed by atoms with E-state index in [2.05, 4.69) is 32.7 Å². The number of hydrogen-bond donors (Lipinski definition) is 2. The van der Waals surface area contributed by atoms with Crippen molar-refractivity contribution in [3.63, 3.8) is 0 Å². The summed E-state index contributed by atoms with van der Waals surface area (Å²) < 4.78 is 45.2. The molecule has 1 aromatic heterocycles. The minimum Gasteiger partial charge on any atom is -0.491 e. The van der Waals surface area contributed by atoms with Crippen LogP contribution in [0.2, 0.25) is 0 Å². The maximum Gasteiger partial charge on any atom is 0.416 e. The van der Waals surface area contributed by atoms with Crippen molar-refractivity contribution in [2.75, 3.05) is 55.3 Å². The Kier molecular flexibility index (Phi) is 8.84. The van der Waals surface area contributed by atoms with Gasteiger partial charge in [-0.25, -0.2) is 0 Å². The Morgan fingerprint density at radius 1 is 1.03 bits per heavy atom. The highest BCUT2D eigenvalue weighted by Crippen LogP contribution is 2.40. The van der Waals surface area contributed by atoms with Crippen LogP contribution < -0.4 is 20.3 Å². The van der Waals surface area contributed by atoms with Crippen LogP contribution in [0, 0.1) is 0 Å². The average Bonchev–Trinajstić information content (AvgIpc) is 2.94. The Balaban J connectivity index is 1.06. The largest absolute Gasteiger partial charge is 0.491 e. The van der Waals surface area contributed by atoms with Crippen LogP contribution in [0.25, 0.3) is 10.9 Å². The highest BCUT2D eigenvalue weighted by molar-refractivity contribution is 7.99. The SMILES string of the molecule is FC(F)(F)c1ccc2c(SCCCCCCNc3ccc(N4CCNCC4)c4c3CCCO4)ccnc2c1. The molecule has 0 saturated carbocycles. The predicted molar refractivity (Wildman–Crippen MR) is 150 cm³/mol. The van der Waals surface area contributed by atoms with Gasteiger partial charge in [-0.15, -0.1) is 11.8 Å². The molecule has 2 aliphatic heterocycles. The summed E-state index contributed by atoms with van der Waals surface area (Å²) in [6, 6.07) is 10.1. The van der Waals surface area contributed by atoms with Crippen molar-refractivity contribution in [3.8, 4) is 5.75 Å². The van der Waals surface area contributed by atoms with Gasteiger partial charge in [-0.1, -0.05) is 18.9 Å². The molecule has 3 heterocycles. The summed E-state index contributed by atoms with van der Waals surface area (Å²) in [6.45, 7) is 5.76. The third kappa shape index (κ3) is 6.49. The van der Waals surface area contributed by atoms with E-state index in [1.54, 1.807) is 24.0 Å². The fourth-order valence-corrected chi connectivity index (χ4v) is 6.23. The molecular formula is C29H35F3N4OS. The number of alkyl halides is 3. The van der Waals surface area contributed by atoms with Gasteiger partial charge in [-0.2, -0.15) is 13.2 Å². The molecule has 38 heavy (non-hydrogen) atoms. The number of anilines is 2. The fourth-order valence-electron chi connectivity index (χ4n) is 5.18. The third-order valence-corrected chi connectivity index (χ3v) is 8.35. The number of aromatic nitrogens is 1. The van der Waals surface area contributed by atoms with Gasteiger partial charge in [0.15, 0.2) is 0 Å².